The van der Waals surface area contributed by atoms with Crippen LogP contribution in [0.2, 0.25) is 0 Å². The van der Waals surface area contributed by atoms with Crippen LogP contribution in [0.15, 0.2) is 17.5 Å². The number of thiophene rings is 1. The van der Waals surface area contributed by atoms with Gasteiger partial charge in [-0.2, -0.15) is 0 Å². The number of nitrogens with one attached hydrogen (secondary N) is 1. The van der Waals surface area contributed by atoms with E-state index in [4.69, 9.17) is 0 Å². The topological polar surface area (TPSA) is 46.2 Å². The van der Waals surface area contributed by atoms with Gasteiger partial charge in [0.25, 0.3) is 11.7 Å². The Hall–Kier alpha value is -1.16. The zero-order valence-corrected chi connectivity index (χ0v) is 8.35. The first-order valence-electron chi connectivity index (χ1n) is 4.00. The maximum atomic E-state index is 11.3. The fourth-order valence-electron chi connectivity index (χ4n) is 0.847. The van der Waals surface area contributed by atoms with Crippen molar-refractivity contribution in [1.82, 2.24) is 5.32 Å². The summed E-state index contributed by atoms with van der Waals surface area (Å²) in [5.41, 5.74) is 0. The molecule has 0 saturated carbocycles. The van der Waals surface area contributed by atoms with Gasteiger partial charge in [-0.15, -0.1) is 11.3 Å². The molecule has 1 heterocycles. The number of hydrogen-bond donors (Lipinski definition) is 1. The Labute approximate surface area is 80.8 Å². The molecule has 1 amide bonds. The summed E-state index contributed by atoms with van der Waals surface area (Å²) in [7, 11) is 0. The number of ketones is 1. The largest absolute Gasteiger partial charge is 0.347 e. The molecule has 0 aromatic carbocycles. The quantitative estimate of drug-likeness (QED) is 0.589. The molecule has 0 bridgehead atoms. The predicted octanol–water partition coefficient (Wildman–Crippen LogP) is 1.46. The van der Waals surface area contributed by atoms with Crippen molar-refractivity contribution in [2.45, 2.75) is 19.9 Å². The lowest BCUT2D eigenvalue weighted by Gasteiger charge is -2.05. The first-order valence-corrected chi connectivity index (χ1v) is 4.88. The number of carbonyl (C=O) groups excluding carboxylic acids is 2. The minimum atomic E-state index is -0.530. The molecular formula is C9H11NO2S. The molecule has 1 aromatic heterocycles. The molecule has 0 unspecified atom stereocenters. The maximum Gasteiger partial charge on any atom is 0.293 e. The van der Waals surface area contributed by atoms with Gasteiger partial charge in [-0.05, 0) is 25.3 Å². The van der Waals surface area contributed by atoms with Crippen molar-refractivity contribution in [1.29, 1.82) is 0 Å². The molecule has 0 radical (unpaired) electrons. The van der Waals surface area contributed by atoms with Crippen LogP contribution in [-0.2, 0) is 4.79 Å². The molecule has 0 atom stereocenters. The molecule has 1 aromatic rings. The lowest BCUT2D eigenvalue weighted by molar-refractivity contribution is -0.117. The Morgan fingerprint density at radius 2 is 2.15 bits per heavy atom. The third kappa shape index (κ3) is 2.66. The normalized spacial score (nSPS) is 10.1. The first-order chi connectivity index (χ1) is 6.11. The molecule has 0 spiro atoms. The van der Waals surface area contributed by atoms with Gasteiger partial charge in [0.2, 0.25) is 0 Å². The molecule has 0 saturated heterocycles. The van der Waals surface area contributed by atoms with E-state index >= 15 is 0 Å². The van der Waals surface area contributed by atoms with Crippen LogP contribution in [0.1, 0.15) is 23.5 Å². The average molecular weight is 197 g/mol. The van der Waals surface area contributed by atoms with Gasteiger partial charge in [-0.25, -0.2) is 0 Å². The molecule has 1 rings (SSSR count). The first kappa shape index (κ1) is 9.92. The Morgan fingerprint density at radius 1 is 1.46 bits per heavy atom. The summed E-state index contributed by atoms with van der Waals surface area (Å²) in [6.07, 6.45) is 0. The Bertz CT molecular complexity index is 303. The van der Waals surface area contributed by atoms with Gasteiger partial charge in [0.05, 0.1) is 4.88 Å². The Morgan fingerprint density at radius 3 is 2.62 bits per heavy atom. The zero-order chi connectivity index (χ0) is 9.84. The molecule has 3 nitrogen and oxygen atoms in total. The highest BCUT2D eigenvalue weighted by atomic mass is 32.1. The molecule has 0 aliphatic carbocycles. The lowest BCUT2D eigenvalue weighted by Crippen LogP contribution is -2.35. The van der Waals surface area contributed by atoms with Crippen molar-refractivity contribution >= 4 is 23.0 Å². The molecule has 0 aliphatic rings. The standard InChI is InChI=1S/C9H11NO2S/c1-6(2)10-9(12)8(11)7-4-3-5-13-7/h3-6H,1-2H3,(H,10,12). The van der Waals surface area contributed by atoms with Gasteiger partial charge in [0.1, 0.15) is 0 Å². The molecule has 0 fully saturated rings. The Balaban J connectivity index is 2.64. The monoisotopic (exact) mass is 197 g/mol. The van der Waals surface area contributed by atoms with Crippen molar-refractivity contribution in [3.8, 4) is 0 Å². The van der Waals surface area contributed by atoms with Crippen LogP contribution in [0.3, 0.4) is 0 Å². The van der Waals surface area contributed by atoms with Crippen LogP contribution in [0.4, 0.5) is 0 Å². The molecule has 13 heavy (non-hydrogen) atoms. The van der Waals surface area contributed by atoms with E-state index in [1.165, 1.54) is 11.3 Å². The van der Waals surface area contributed by atoms with Crippen molar-refractivity contribution in [2.75, 3.05) is 0 Å². The van der Waals surface area contributed by atoms with E-state index in [-0.39, 0.29) is 6.04 Å². The number of rotatable bonds is 3. The summed E-state index contributed by atoms with van der Waals surface area (Å²) in [6, 6.07) is 3.39. The summed E-state index contributed by atoms with van der Waals surface area (Å²) in [5, 5.41) is 4.32. The minimum Gasteiger partial charge on any atom is -0.347 e. The third-order valence-electron chi connectivity index (χ3n) is 1.37. The van der Waals surface area contributed by atoms with E-state index in [0.717, 1.165) is 0 Å². The average Bonchev–Trinajstić information content (AvgIpc) is 2.53. The van der Waals surface area contributed by atoms with Gasteiger partial charge in [-0.3, -0.25) is 9.59 Å². The second-order valence-electron chi connectivity index (χ2n) is 2.93. The van der Waals surface area contributed by atoms with E-state index in [1.807, 2.05) is 13.8 Å². The van der Waals surface area contributed by atoms with Gasteiger partial charge in [0, 0.05) is 6.04 Å². The van der Waals surface area contributed by atoms with Crippen LogP contribution in [0, 0.1) is 0 Å². The van der Waals surface area contributed by atoms with Crippen molar-refractivity contribution in [3.05, 3.63) is 22.4 Å². The summed E-state index contributed by atoms with van der Waals surface area (Å²) in [4.78, 5) is 23.0. The van der Waals surface area contributed by atoms with Crippen LogP contribution >= 0.6 is 11.3 Å². The van der Waals surface area contributed by atoms with Gasteiger partial charge in [0.15, 0.2) is 0 Å². The highest BCUT2D eigenvalue weighted by Crippen LogP contribution is 2.09. The molecule has 0 aliphatic heterocycles. The van der Waals surface area contributed by atoms with Crippen molar-refractivity contribution in [3.63, 3.8) is 0 Å². The summed E-state index contributed by atoms with van der Waals surface area (Å²) in [6.45, 7) is 3.64. The number of amides is 1. The number of hydrogen-bond acceptors (Lipinski definition) is 3. The fraction of sp³-hybridized carbons (Fsp3) is 0.333. The van der Waals surface area contributed by atoms with Crippen LogP contribution in [0.5, 0.6) is 0 Å². The van der Waals surface area contributed by atoms with Crippen molar-refractivity contribution < 1.29 is 9.59 Å². The summed E-state index contributed by atoms with van der Waals surface area (Å²) < 4.78 is 0. The number of Topliss-reactive ketones (excluding diaryl/α,β-unsaturated/α-hetero) is 1. The molecule has 1 N–H and O–H groups in total. The zero-order valence-electron chi connectivity index (χ0n) is 7.53. The predicted molar refractivity (Wildman–Crippen MR) is 51.9 cm³/mol. The lowest BCUT2D eigenvalue weighted by atomic mass is 10.3. The highest BCUT2D eigenvalue weighted by molar-refractivity contribution is 7.13. The molecule has 4 heteroatoms. The molecular weight excluding hydrogens is 186 g/mol. The van der Waals surface area contributed by atoms with Crippen LogP contribution in [0.25, 0.3) is 0 Å². The Kier molecular flexibility index (Phi) is 3.19. The number of carbonyl (C=O) groups is 2. The molecule has 70 valence electrons. The van der Waals surface area contributed by atoms with Gasteiger partial charge >= 0.3 is 0 Å². The highest BCUT2D eigenvalue weighted by Gasteiger charge is 2.16. The van der Waals surface area contributed by atoms with Crippen molar-refractivity contribution in [2.24, 2.45) is 0 Å². The van der Waals surface area contributed by atoms with E-state index in [1.54, 1.807) is 17.5 Å². The SMILES string of the molecule is CC(C)NC(=O)C(=O)c1cccs1. The van der Waals surface area contributed by atoms with E-state index < -0.39 is 11.7 Å². The second-order valence-corrected chi connectivity index (χ2v) is 3.88. The van der Waals surface area contributed by atoms with Crippen LogP contribution < -0.4 is 5.32 Å². The van der Waals surface area contributed by atoms with Gasteiger partial charge in [-0.1, -0.05) is 6.07 Å². The smallest absolute Gasteiger partial charge is 0.293 e. The van der Waals surface area contributed by atoms with Gasteiger partial charge < -0.3 is 5.32 Å². The van der Waals surface area contributed by atoms with Crippen LogP contribution in [-0.4, -0.2) is 17.7 Å². The minimum absolute atomic E-state index is 0.00332. The second kappa shape index (κ2) is 4.18. The summed E-state index contributed by atoms with van der Waals surface area (Å²) in [5.74, 6) is -0.985. The third-order valence-corrected chi connectivity index (χ3v) is 2.24. The van der Waals surface area contributed by atoms with E-state index in [2.05, 4.69) is 5.32 Å². The fourth-order valence-corrected chi connectivity index (χ4v) is 1.51. The summed E-state index contributed by atoms with van der Waals surface area (Å²) >= 11 is 1.28. The van der Waals surface area contributed by atoms with E-state index in [9.17, 15) is 9.59 Å². The van der Waals surface area contributed by atoms with E-state index in [0.29, 0.717) is 4.88 Å². The maximum absolute atomic E-state index is 11.3.